The summed E-state index contributed by atoms with van der Waals surface area (Å²) < 4.78 is 0. The highest BCUT2D eigenvalue weighted by Gasteiger charge is 2.21. The smallest absolute Gasteiger partial charge is 0.0540 e. The molecule has 1 N–H and O–H groups in total. The standard InChI is InChI=1S/C12H14Cl2O/c13-10-5-9(6-11(14)7-10)8-1-3-12(15)4-2-8/h5-8,12,15H,1-4H2/t8-,12+. The van der Waals surface area contributed by atoms with E-state index in [2.05, 4.69) is 0 Å². The quantitative estimate of drug-likeness (QED) is 0.792. The molecule has 0 atom stereocenters. The molecule has 15 heavy (non-hydrogen) atoms. The molecule has 0 radical (unpaired) electrons. The van der Waals surface area contributed by atoms with E-state index in [0.717, 1.165) is 25.7 Å². The van der Waals surface area contributed by atoms with Crippen LogP contribution in [0.15, 0.2) is 18.2 Å². The van der Waals surface area contributed by atoms with Crippen LogP contribution in [-0.2, 0) is 0 Å². The van der Waals surface area contributed by atoms with Crippen LogP contribution in [0.4, 0.5) is 0 Å². The Morgan fingerprint density at radius 1 is 0.933 bits per heavy atom. The summed E-state index contributed by atoms with van der Waals surface area (Å²) in [5.41, 5.74) is 1.21. The maximum atomic E-state index is 9.43. The van der Waals surface area contributed by atoms with Crippen LogP contribution in [0, 0.1) is 0 Å². The normalized spacial score (nSPS) is 26.6. The Hall–Kier alpha value is -0.240. The minimum atomic E-state index is -0.115. The van der Waals surface area contributed by atoms with Crippen LogP contribution in [0.5, 0.6) is 0 Å². The maximum Gasteiger partial charge on any atom is 0.0540 e. The molecule has 0 saturated heterocycles. The second-order valence-electron chi connectivity index (χ2n) is 4.21. The summed E-state index contributed by atoms with van der Waals surface area (Å²) in [7, 11) is 0. The van der Waals surface area contributed by atoms with Gasteiger partial charge in [-0.15, -0.1) is 0 Å². The van der Waals surface area contributed by atoms with Gasteiger partial charge in [0.25, 0.3) is 0 Å². The van der Waals surface area contributed by atoms with Gasteiger partial charge >= 0.3 is 0 Å². The molecule has 2 rings (SSSR count). The Kier molecular flexibility index (Phi) is 3.55. The third-order valence-corrected chi connectivity index (χ3v) is 3.49. The van der Waals surface area contributed by atoms with Crippen molar-refractivity contribution < 1.29 is 5.11 Å². The Morgan fingerprint density at radius 3 is 2.00 bits per heavy atom. The summed E-state index contributed by atoms with van der Waals surface area (Å²) in [6, 6.07) is 5.72. The molecule has 1 aliphatic carbocycles. The molecule has 1 aromatic carbocycles. The third-order valence-electron chi connectivity index (χ3n) is 3.05. The van der Waals surface area contributed by atoms with Crippen molar-refractivity contribution in [3.05, 3.63) is 33.8 Å². The second-order valence-corrected chi connectivity index (χ2v) is 5.08. The minimum Gasteiger partial charge on any atom is -0.393 e. The third kappa shape index (κ3) is 2.87. The van der Waals surface area contributed by atoms with Crippen LogP contribution in [0.1, 0.15) is 37.2 Å². The lowest BCUT2D eigenvalue weighted by Gasteiger charge is -2.25. The van der Waals surface area contributed by atoms with Crippen LogP contribution in [0.3, 0.4) is 0 Å². The van der Waals surface area contributed by atoms with Crippen LogP contribution in [0.25, 0.3) is 0 Å². The molecule has 0 amide bonds. The molecule has 0 aliphatic heterocycles. The van der Waals surface area contributed by atoms with Gasteiger partial charge in [-0.1, -0.05) is 23.2 Å². The highest BCUT2D eigenvalue weighted by molar-refractivity contribution is 6.34. The molecule has 1 fully saturated rings. The Bertz CT molecular complexity index is 323. The highest BCUT2D eigenvalue weighted by Crippen LogP contribution is 2.35. The zero-order chi connectivity index (χ0) is 10.8. The summed E-state index contributed by atoms with van der Waals surface area (Å²) in [4.78, 5) is 0. The molecule has 0 spiro atoms. The van der Waals surface area contributed by atoms with Crippen molar-refractivity contribution in [1.82, 2.24) is 0 Å². The molecule has 3 heteroatoms. The fourth-order valence-corrected chi connectivity index (χ4v) is 2.76. The first kappa shape index (κ1) is 11.3. The van der Waals surface area contributed by atoms with Crippen molar-refractivity contribution in [2.24, 2.45) is 0 Å². The lowest BCUT2D eigenvalue weighted by Crippen LogP contribution is -2.16. The van der Waals surface area contributed by atoms with E-state index in [4.69, 9.17) is 23.2 Å². The predicted molar refractivity (Wildman–Crippen MR) is 63.7 cm³/mol. The molecule has 0 bridgehead atoms. The number of halogens is 2. The van der Waals surface area contributed by atoms with Crippen molar-refractivity contribution in [3.8, 4) is 0 Å². The van der Waals surface area contributed by atoms with E-state index < -0.39 is 0 Å². The molecular weight excluding hydrogens is 231 g/mol. The fourth-order valence-electron chi connectivity index (χ4n) is 2.22. The Labute approximate surface area is 100 Å². The summed E-state index contributed by atoms with van der Waals surface area (Å²) in [5.74, 6) is 0.504. The van der Waals surface area contributed by atoms with Gasteiger partial charge in [-0.2, -0.15) is 0 Å². The molecule has 0 heterocycles. The van der Waals surface area contributed by atoms with Crippen molar-refractivity contribution in [2.45, 2.75) is 37.7 Å². The van der Waals surface area contributed by atoms with Gasteiger partial charge in [0.15, 0.2) is 0 Å². The van der Waals surface area contributed by atoms with Gasteiger partial charge < -0.3 is 5.11 Å². The fraction of sp³-hybridized carbons (Fsp3) is 0.500. The maximum absolute atomic E-state index is 9.43. The Morgan fingerprint density at radius 2 is 1.47 bits per heavy atom. The monoisotopic (exact) mass is 244 g/mol. The molecule has 1 saturated carbocycles. The molecule has 1 aromatic rings. The van der Waals surface area contributed by atoms with Crippen LogP contribution < -0.4 is 0 Å². The summed E-state index contributed by atoms with van der Waals surface area (Å²) in [5, 5.41) is 10.8. The minimum absolute atomic E-state index is 0.115. The number of aliphatic hydroxyl groups excluding tert-OH is 1. The van der Waals surface area contributed by atoms with Crippen molar-refractivity contribution in [1.29, 1.82) is 0 Å². The number of benzene rings is 1. The lowest BCUT2D eigenvalue weighted by atomic mass is 9.83. The average Bonchev–Trinajstić information content (AvgIpc) is 2.17. The van der Waals surface area contributed by atoms with E-state index in [1.807, 2.05) is 12.1 Å². The number of hydrogen-bond donors (Lipinski definition) is 1. The van der Waals surface area contributed by atoms with Gasteiger partial charge in [0.2, 0.25) is 0 Å². The summed E-state index contributed by atoms with van der Waals surface area (Å²) >= 11 is 11.9. The largest absolute Gasteiger partial charge is 0.393 e. The van der Waals surface area contributed by atoms with Gasteiger partial charge in [0.1, 0.15) is 0 Å². The first-order valence-electron chi connectivity index (χ1n) is 5.29. The van der Waals surface area contributed by atoms with E-state index in [-0.39, 0.29) is 6.10 Å². The molecule has 1 aliphatic rings. The van der Waals surface area contributed by atoms with Gasteiger partial charge in [0, 0.05) is 10.0 Å². The zero-order valence-corrected chi connectivity index (χ0v) is 9.93. The zero-order valence-electron chi connectivity index (χ0n) is 8.42. The van der Waals surface area contributed by atoms with E-state index >= 15 is 0 Å². The van der Waals surface area contributed by atoms with Crippen LogP contribution in [-0.4, -0.2) is 11.2 Å². The SMILES string of the molecule is O[C@H]1CC[C@@H](c2cc(Cl)cc(Cl)c2)CC1. The van der Waals surface area contributed by atoms with E-state index in [1.54, 1.807) is 6.07 Å². The van der Waals surface area contributed by atoms with E-state index in [0.29, 0.717) is 16.0 Å². The number of aliphatic hydroxyl groups is 1. The van der Waals surface area contributed by atoms with Crippen molar-refractivity contribution in [3.63, 3.8) is 0 Å². The predicted octanol–water partition coefficient (Wildman–Crippen LogP) is 4.01. The van der Waals surface area contributed by atoms with E-state index in [1.165, 1.54) is 5.56 Å². The average molecular weight is 245 g/mol. The second kappa shape index (κ2) is 4.73. The number of hydrogen-bond acceptors (Lipinski definition) is 1. The van der Waals surface area contributed by atoms with E-state index in [9.17, 15) is 5.11 Å². The van der Waals surface area contributed by atoms with Gasteiger partial charge in [-0.3, -0.25) is 0 Å². The molecule has 1 nitrogen and oxygen atoms in total. The van der Waals surface area contributed by atoms with Crippen LogP contribution >= 0.6 is 23.2 Å². The molecule has 0 aromatic heterocycles. The molecular formula is C12H14Cl2O. The molecule has 82 valence electrons. The lowest BCUT2D eigenvalue weighted by molar-refractivity contribution is 0.122. The highest BCUT2D eigenvalue weighted by atomic mass is 35.5. The summed E-state index contributed by atoms with van der Waals surface area (Å²) in [6.45, 7) is 0. The van der Waals surface area contributed by atoms with Crippen molar-refractivity contribution >= 4 is 23.2 Å². The number of rotatable bonds is 1. The Balaban J connectivity index is 2.15. The topological polar surface area (TPSA) is 20.2 Å². The first-order valence-corrected chi connectivity index (χ1v) is 6.05. The van der Waals surface area contributed by atoms with Crippen LogP contribution in [0.2, 0.25) is 10.0 Å². The van der Waals surface area contributed by atoms with Crippen molar-refractivity contribution in [2.75, 3.05) is 0 Å². The first-order chi connectivity index (χ1) is 7.15. The van der Waals surface area contributed by atoms with Gasteiger partial charge in [-0.05, 0) is 55.4 Å². The van der Waals surface area contributed by atoms with Gasteiger partial charge in [0.05, 0.1) is 6.10 Å². The summed E-state index contributed by atoms with van der Waals surface area (Å²) in [6.07, 6.45) is 3.70. The molecule has 0 unspecified atom stereocenters. The van der Waals surface area contributed by atoms with Gasteiger partial charge in [-0.25, -0.2) is 0 Å².